The highest BCUT2D eigenvalue weighted by molar-refractivity contribution is 5.95. The van der Waals surface area contributed by atoms with Crippen LogP contribution in [0.1, 0.15) is 33.8 Å². The van der Waals surface area contributed by atoms with E-state index in [9.17, 15) is 9.90 Å². The summed E-state index contributed by atoms with van der Waals surface area (Å²) in [5.74, 6) is 1.27. The predicted molar refractivity (Wildman–Crippen MR) is 126 cm³/mol. The van der Waals surface area contributed by atoms with Gasteiger partial charge >= 0.3 is 0 Å². The number of benzene rings is 3. The number of aromatic nitrogens is 2. The predicted octanol–water partition coefficient (Wildman–Crippen LogP) is 4.40. The van der Waals surface area contributed by atoms with E-state index in [1.165, 1.54) is 0 Å². The minimum Gasteiger partial charge on any atom is -0.507 e. The van der Waals surface area contributed by atoms with Crippen molar-refractivity contribution in [2.45, 2.75) is 19.3 Å². The van der Waals surface area contributed by atoms with E-state index in [1.807, 2.05) is 43.3 Å². The van der Waals surface area contributed by atoms with Crippen molar-refractivity contribution in [3.8, 4) is 17.1 Å². The van der Waals surface area contributed by atoms with Crippen LogP contribution in [-0.2, 0) is 0 Å². The third-order valence-corrected chi connectivity index (χ3v) is 6.13. The number of nitrogens with two attached hydrogens (primary N) is 1. The molecule has 0 aliphatic carbocycles. The number of aryl methyl sites for hydroxylation is 1. The van der Waals surface area contributed by atoms with Gasteiger partial charge in [0.25, 0.3) is 0 Å². The number of hydrogen-bond donors (Lipinski definition) is 2. The van der Waals surface area contributed by atoms with Gasteiger partial charge in [-0.15, -0.1) is 0 Å². The fraction of sp³-hybridized carbons (Fsp3) is 0.192. The van der Waals surface area contributed by atoms with E-state index in [-0.39, 0.29) is 11.7 Å². The van der Waals surface area contributed by atoms with Gasteiger partial charge in [-0.2, -0.15) is 0 Å². The number of primary amides is 1. The molecule has 1 atom stereocenters. The highest BCUT2D eigenvalue weighted by Gasteiger charge is 2.29. The average molecular weight is 425 g/mol. The van der Waals surface area contributed by atoms with Crippen molar-refractivity contribution >= 4 is 22.6 Å². The SMILES string of the molecule is Cc1ccc2c(N3CC[C@H](c4ccccc4C(N)=O)C3)nc(-c3ccccc3O)nc2c1. The normalized spacial score (nSPS) is 15.9. The summed E-state index contributed by atoms with van der Waals surface area (Å²) in [6.07, 6.45) is 0.896. The summed E-state index contributed by atoms with van der Waals surface area (Å²) in [5, 5.41) is 11.4. The molecule has 1 saturated heterocycles. The van der Waals surface area contributed by atoms with Crippen LogP contribution in [0.2, 0.25) is 0 Å². The summed E-state index contributed by atoms with van der Waals surface area (Å²) < 4.78 is 0. The van der Waals surface area contributed by atoms with E-state index in [1.54, 1.807) is 18.2 Å². The van der Waals surface area contributed by atoms with Gasteiger partial charge in [-0.1, -0.05) is 36.4 Å². The second-order valence-corrected chi connectivity index (χ2v) is 8.29. The van der Waals surface area contributed by atoms with E-state index in [2.05, 4.69) is 17.0 Å². The number of fused-ring (bicyclic) bond motifs is 1. The fourth-order valence-electron chi connectivity index (χ4n) is 4.53. The summed E-state index contributed by atoms with van der Waals surface area (Å²) >= 11 is 0. The van der Waals surface area contributed by atoms with Crippen LogP contribution < -0.4 is 10.6 Å². The number of nitrogens with zero attached hydrogens (tertiary/aromatic N) is 3. The summed E-state index contributed by atoms with van der Waals surface area (Å²) in [4.78, 5) is 23.8. The average Bonchev–Trinajstić information content (AvgIpc) is 3.28. The molecule has 6 heteroatoms. The van der Waals surface area contributed by atoms with Crippen molar-refractivity contribution in [2.24, 2.45) is 5.73 Å². The lowest BCUT2D eigenvalue weighted by atomic mass is 9.93. The van der Waals surface area contributed by atoms with E-state index >= 15 is 0 Å². The zero-order valence-corrected chi connectivity index (χ0v) is 17.8. The largest absolute Gasteiger partial charge is 0.507 e. The minimum absolute atomic E-state index is 0.153. The monoisotopic (exact) mass is 424 g/mol. The van der Waals surface area contributed by atoms with Gasteiger partial charge < -0.3 is 15.7 Å². The van der Waals surface area contributed by atoms with E-state index in [0.29, 0.717) is 17.0 Å². The fourth-order valence-corrected chi connectivity index (χ4v) is 4.53. The van der Waals surface area contributed by atoms with Gasteiger partial charge in [-0.3, -0.25) is 4.79 Å². The van der Waals surface area contributed by atoms with Crippen molar-refractivity contribution < 1.29 is 9.90 Å². The van der Waals surface area contributed by atoms with Crippen LogP contribution in [0.25, 0.3) is 22.3 Å². The van der Waals surface area contributed by atoms with Crippen molar-refractivity contribution in [3.63, 3.8) is 0 Å². The molecule has 3 N–H and O–H groups in total. The molecular weight excluding hydrogens is 400 g/mol. The summed E-state index contributed by atoms with van der Waals surface area (Å²) in [6.45, 7) is 3.57. The number of phenols is 1. The number of carbonyl (C=O) groups excluding carboxylic acids is 1. The van der Waals surface area contributed by atoms with Gasteiger partial charge in [0.2, 0.25) is 5.91 Å². The van der Waals surface area contributed by atoms with Crippen LogP contribution in [0.4, 0.5) is 5.82 Å². The molecule has 0 radical (unpaired) electrons. The molecule has 1 aromatic heterocycles. The van der Waals surface area contributed by atoms with Gasteiger partial charge in [0.05, 0.1) is 11.1 Å². The Bertz CT molecular complexity index is 1330. The maximum Gasteiger partial charge on any atom is 0.248 e. The van der Waals surface area contributed by atoms with Gasteiger partial charge in [0.15, 0.2) is 5.82 Å². The maximum absolute atomic E-state index is 11.9. The Labute approximate surface area is 186 Å². The van der Waals surface area contributed by atoms with E-state index in [0.717, 1.165) is 47.4 Å². The first-order chi connectivity index (χ1) is 15.5. The number of anilines is 1. The number of hydrogen-bond acceptors (Lipinski definition) is 5. The molecule has 0 spiro atoms. The van der Waals surface area contributed by atoms with Gasteiger partial charge in [0, 0.05) is 30.0 Å². The van der Waals surface area contributed by atoms with Crippen molar-refractivity contribution in [1.82, 2.24) is 9.97 Å². The molecule has 160 valence electrons. The zero-order chi connectivity index (χ0) is 22.2. The molecule has 2 heterocycles. The molecule has 0 bridgehead atoms. The molecule has 4 aromatic rings. The van der Waals surface area contributed by atoms with Crippen LogP contribution >= 0.6 is 0 Å². The maximum atomic E-state index is 11.9. The van der Waals surface area contributed by atoms with Crippen LogP contribution in [0.5, 0.6) is 5.75 Å². The van der Waals surface area contributed by atoms with Crippen LogP contribution in [-0.4, -0.2) is 34.1 Å². The molecule has 1 fully saturated rings. The van der Waals surface area contributed by atoms with Gasteiger partial charge in [0.1, 0.15) is 11.6 Å². The van der Waals surface area contributed by atoms with Gasteiger partial charge in [-0.05, 0) is 54.8 Å². The first-order valence-corrected chi connectivity index (χ1v) is 10.7. The Morgan fingerprint density at radius 3 is 2.66 bits per heavy atom. The van der Waals surface area contributed by atoms with E-state index < -0.39 is 5.91 Å². The number of aromatic hydroxyl groups is 1. The number of phenolic OH excluding ortho intramolecular Hbond substituents is 1. The highest BCUT2D eigenvalue weighted by atomic mass is 16.3. The number of para-hydroxylation sites is 1. The first-order valence-electron chi connectivity index (χ1n) is 10.7. The molecule has 5 rings (SSSR count). The Morgan fingerprint density at radius 2 is 1.84 bits per heavy atom. The molecule has 1 aliphatic rings. The van der Waals surface area contributed by atoms with Crippen molar-refractivity contribution in [3.05, 3.63) is 83.4 Å². The standard InChI is InChI=1S/C26H24N4O2/c1-16-10-11-20-22(14-16)28-25(21-8-4-5-9-23(21)31)29-26(20)30-13-12-17(15-30)18-6-2-3-7-19(18)24(27)32/h2-11,14,17,31H,12-13,15H2,1H3,(H2,27,32)/t17-/m0/s1. The smallest absolute Gasteiger partial charge is 0.248 e. The van der Waals surface area contributed by atoms with Crippen LogP contribution in [0.15, 0.2) is 66.7 Å². The Kier molecular flexibility index (Phi) is 4.98. The van der Waals surface area contributed by atoms with Gasteiger partial charge in [-0.25, -0.2) is 9.97 Å². The molecule has 1 amide bonds. The zero-order valence-electron chi connectivity index (χ0n) is 17.8. The summed E-state index contributed by atoms with van der Waals surface area (Å²) in [6, 6.07) is 20.8. The second kappa shape index (κ2) is 7.96. The molecule has 32 heavy (non-hydrogen) atoms. The minimum atomic E-state index is -0.399. The summed E-state index contributed by atoms with van der Waals surface area (Å²) in [5.41, 5.74) is 9.74. The lowest BCUT2D eigenvalue weighted by Gasteiger charge is -2.21. The second-order valence-electron chi connectivity index (χ2n) is 8.29. The van der Waals surface area contributed by atoms with Crippen LogP contribution in [0, 0.1) is 6.92 Å². The third kappa shape index (κ3) is 3.54. The van der Waals surface area contributed by atoms with Crippen molar-refractivity contribution in [2.75, 3.05) is 18.0 Å². The summed E-state index contributed by atoms with van der Waals surface area (Å²) in [7, 11) is 0. The van der Waals surface area contributed by atoms with E-state index in [4.69, 9.17) is 15.7 Å². The van der Waals surface area contributed by atoms with Crippen LogP contribution in [0.3, 0.4) is 0 Å². The molecule has 0 saturated carbocycles. The highest BCUT2D eigenvalue weighted by Crippen LogP contribution is 2.36. The molecular formula is C26H24N4O2. The Morgan fingerprint density at radius 1 is 1.06 bits per heavy atom. The topological polar surface area (TPSA) is 92.3 Å². The number of rotatable bonds is 4. The van der Waals surface area contributed by atoms with Crippen molar-refractivity contribution in [1.29, 1.82) is 0 Å². The molecule has 6 nitrogen and oxygen atoms in total. The quantitative estimate of drug-likeness (QED) is 0.506. The number of amides is 1. The Balaban J connectivity index is 1.59. The number of carbonyl (C=O) groups is 1. The molecule has 3 aromatic carbocycles. The lowest BCUT2D eigenvalue weighted by Crippen LogP contribution is -2.22. The third-order valence-electron chi connectivity index (χ3n) is 6.13. The molecule has 0 unspecified atom stereocenters. The molecule has 1 aliphatic heterocycles. The lowest BCUT2D eigenvalue weighted by molar-refractivity contribution is 0.0999. The first kappa shape index (κ1) is 20.0. The Hall–Kier alpha value is -3.93.